The highest BCUT2D eigenvalue weighted by atomic mass is 14.8. The molecule has 1 aliphatic carbocycles. The molecular weight excluding hydrogens is 174 g/mol. The van der Waals surface area contributed by atoms with E-state index >= 15 is 0 Å². The van der Waals surface area contributed by atoms with Crippen LogP contribution >= 0.6 is 0 Å². The van der Waals surface area contributed by atoms with Gasteiger partial charge in [0.25, 0.3) is 0 Å². The molecule has 0 aliphatic heterocycles. The van der Waals surface area contributed by atoms with Gasteiger partial charge in [-0.2, -0.15) is 5.26 Å². The van der Waals surface area contributed by atoms with Crippen molar-refractivity contribution in [2.24, 2.45) is 5.92 Å². The zero-order chi connectivity index (χ0) is 9.97. The van der Waals surface area contributed by atoms with Crippen LogP contribution in [0.25, 0.3) is 0 Å². The number of aromatic nitrogens is 1. The molecule has 3 nitrogen and oxygen atoms in total. The Morgan fingerprint density at radius 3 is 3.00 bits per heavy atom. The second-order valence-electron chi connectivity index (χ2n) is 3.86. The Balaban J connectivity index is 2.12. The summed E-state index contributed by atoms with van der Waals surface area (Å²) in [7, 11) is 0. The lowest BCUT2D eigenvalue weighted by atomic mass is 10.0. The van der Waals surface area contributed by atoms with Crippen LogP contribution in [0.1, 0.15) is 30.4 Å². The fourth-order valence-electron chi connectivity index (χ4n) is 1.59. The van der Waals surface area contributed by atoms with Gasteiger partial charge in [-0.25, -0.2) is 4.98 Å². The molecule has 72 valence electrons. The molecule has 14 heavy (non-hydrogen) atoms. The summed E-state index contributed by atoms with van der Waals surface area (Å²) in [5.41, 5.74) is 7.30. The van der Waals surface area contributed by atoms with Crippen LogP contribution in [0.5, 0.6) is 0 Å². The molecule has 0 bridgehead atoms. The maximum Gasteiger partial charge on any atom is 0.123 e. The Labute approximate surface area is 83.6 Å². The normalized spacial score (nSPS) is 15.1. The lowest BCUT2D eigenvalue weighted by Crippen LogP contribution is -1.97. The molecule has 1 aromatic rings. The van der Waals surface area contributed by atoms with Crippen LogP contribution in [0, 0.1) is 17.2 Å². The van der Waals surface area contributed by atoms with Gasteiger partial charge < -0.3 is 5.73 Å². The van der Waals surface area contributed by atoms with Gasteiger partial charge in [0.15, 0.2) is 0 Å². The molecule has 2 N–H and O–H groups in total. The minimum absolute atomic E-state index is 0.509. The van der Waals surface area contributed by atoms with Crippen LogP contribution in [-0.4, -0.2) is 4.98 Å². The van der Waals surface area contributed by atoms with E-state index in [0.717, 1.165) is 17.9 Å². The van der Waals surface area contributed by atoms with E-state index in [1.807, 2.05) is 6.07 Å². The van der Waals surface area contributed by atoms with Gasteiger partial charge in [0.05, 0.1) is 5.56 Å². The summed E-state index contributed by atoms with van der Waals surface area (Å²) in [5.74, 6) is 1.39. The molecule has 0 aromatic carbocycles. The van der Waals surface area contributed by atoms with Crippen molar-refractivity contribution in [1.82, 2.24) is 4.98 Å². The summed E-state index contributed by atoms with van der Waals surface area (Å²) in [6.07, 6.45) is 6.40. The minimum atomic E-state index is 0.509. The monoisotopic (exact) mass is 187 g/mol. The van der Waals surface area contributed by atoms with Crippen molar-refractivity contribution >= 4 is 5.82 Å². The van der Waals surface area contributed by atoms with Crippen molar-refractivity contribution in [2.45, 2.75) is 25.7 Å². The van der Waals surface area contributed by atoms with Gasteiger partial charge in [-0.3, -0.25) is 0 Å². The molecule has 2 rings (SSSR count). The highest BCUT2D eigenvalue weighted by Gasteiger charge is 2.21. The Morgan fingerprint density at radius 2 is 2.36 bits per heavy atom. The average molecular weight is 187 g/mol. The summed E-state index contributed by atoms with van der Waals surface area (Å²) in [5, 5.41) is 8.86. The molecule has 1 aliphatic rings. The fourth-order valence-corrected chi connectivity index (χ4v) is 1.59. The van der Waals surface area contributed by atoms with Crippen LogP contribution in [0.3, 0.4) is 0 Å². The zero-order valence-electron chi connectivity index (χ0n) is 8.03. The first-order valence-corrected chi connectivity index (χ1v) is 4.94. The van der Waals surface area contributed by atoms with E-state index < -0.39 is 0 Å². The Morgan fingerprint density at radius 1 is 1.57 bits per heavy atom. The Bertz CT molecular complexity index is 375. The predicted octanol–water partition coefficient (Wildman–Crippen LogP) is 1.88. The maximum absolute atomic E-state index is 8.86. The van der Waals surface area contributed by atoms with Crippen LogP contribution in [0.2, 0.25) is 0 Å². The van der Waals surface area contributed by atoms with Crippen molar-refractivity contribution < 1.29 is 0 Å². The number of hydrogen-bond donors (Lipinski definition) is 1. The number of nitrogens with two attached hydrogens (primary N) is 1. The Hall–Kier alpha value is -1.56. The third-order valence-electron chi connectivity index (χ3n) is 2.65. The summed E-state index contributed by atoms with van der Waals surface area (Å²) in [6.45, 7) is 0. The van der Waals surface area contributed by atoms with Gasteiger partial charge in [-0.05, 0) is 30.4 Å². The summed E-state index contributed by atoms with van der Waals surface area (Å²) < 4.78 is 0. The lowest BCUT2D eigenvalue weighted by Gasteiger charge is -2.03. The average Bonchev–Trinajstić information content (AvgIpc) is 2.98. The van der Waals surface area contributed by atoms with Crippen LogP contribution < -0.4 is 5.73 Å². The number of pyridine rings is 1. The molecular formula is C11H13N3. The quantitative estimate of drug-likeness (QED) is 0.785. The molecule has 0 saturated heterocycles. The standard InChI is InChI=1S/C11H13N3/c12-6-10-7-14-11(13)5-9(10)4-3-8-1-2-8/h5,7-8H,1-4H2,(H2,13,14). The highest BCUT2D eigenvalue weighted by Crippen LogP contribution is 2.33. The van der Waals surface area contributed by atoms with Crippen molar-refractivity contribution in [2.75, 3.05) is 5.73 Å². The number of nitrogen functional groups attached to an aromatic ring is 1. The van der Waals surface area contributed by atoms with Crippen molar-refractivity contribution in [3.05, 3.63) is 23.4 Å². The third-order valence-corrected chi connectivity index (χ3v) is 2.65. The van der Waals surface area contributed by atoms with E-state index in [1.165, 1.54) is 19.3 Å². The van der Waals surface area contributed by atoms with E-state index in [0.29, 0.717) is 11.4 Å². The zero-order valence-corrected chi connectivity index (χ0v) is 8.03. The van der Waals surface area contributed by atoms with Gasteiger partial charge in [0.1, 0.15) is 11.9 Å². The number of hydrogen-bond acceptors (Lipinski definition) is 3. The van der Waals surface area contributed by atoms with Crippen molar-refractivity contribution in [1.29, 1.82) is 5.26 Å². The molecule has 0 atom stereocenters. The van der Waals surface area contributed by atoms with E-state index in [2.05, 4.69) is 11.1 Å². The van der Waals surface area contributed by atoms with Gasteiger partial charge in [0.2, 0.25) is 0 Å². The number of anilines is 1. The third kappa shape index (κ3) is 2.02. The van der Waals surface area contributed by atoms with Gasteiger partial charge >= 0.3 is 0 Å². The SMILES string of the molecule is N#Cc1cnc(N)cc1CCC1CC1. The summed E-state index contributed by atoms with van der Waals surface area (Å²) >= 11 is 0. The van der Waals surface area contributed by atoms with E-state index in [-0.39, 0.29) is 0 Å². The molecule has 1 fully saturated rings. The summed E-state index contributed by atoms with van der Waals surface area (Å²) in [4.78, 5) is 3.91. The van der Waals surface area contributed by atoms with Crippen molar-refractivity contribution in [3.63, 3.8) is 0 Å². The predicted molar refractivity (Wildman–Crippen MR) is 54.4 cm³/mol. The van der Waals surface area contributed by atoms with Crippen molar-refractivity contribution in [3.8, 4) is 6.07 Å². The number of nitriles is 1. The molecule has 0 spiro atoms. The first-order valence-electron chi connectivity index (χ1n) is 4.94. The molecule has 1 saturated carbocycles. The van der Waals surface area contributed by atoms with Gasteiger partial charge in [-0.15, -0.1) is 0 Å². The van der Waals surface area contributed by atoms with E-state index in [9.17, 15) is 0 Å². The number of nitrogens with zero attached hydrogens (tertiary/aromatic N) is 2. The molecule has 0 amide bonds. The topological polar surface area (TPSA) is 62.7 Å². The largest absolute Gasteiger partial charge is 0.384 e. The van der Waals surface area contributed by atoms with E-state index in [1.54, 1.807) is 6.20 Å². The van der Waals surface area contributed by atoms with Crippen LogP contribution in [0.15, 0.2) is 12.3 Å². The molecule has 3 heteroatoms. The Kier molecular flexibility index (Phi) is 2.36. The fraction of sp³-hybridized carbons (Fsp3) is 0.455. The smallest absolute Gasteiger partial charge is 0.123 e. The lowest BCUT2D eigenvalue weighted by molar-refractivity contribution is 0.725. The first kappa shape index (κ1) is 9.01. The molecule has 1 aromatic heterocycles. The van der Waals surface area contributed by atoms with Crippen LogP contribution in [0.4, 0.5) is 5.82 Å². The minimum Gasteiger partial charge on any atom is -0.384 e. The number of rotatable bonds is 3. The van der Waals surface area contributed by atoms with Gasteiger partial charge in [-0.1, -0.05) is 12.8 Å². The number of aryl methyl sites for hydroxylation is 1. The maximum atomic E-state index is 8.86. The molecule has 0 unspecified atom stereocenters. The molecule has 0 radical (unpaired) electrons. The highest BCUT2D eigenvalue weighted by molar-refractivity contribution is 5.42. The van der Waals surface area contributed by atoms with Gasteiger partial charge in [0, 0.05) is 6.20 Å². The second kappa shape index (κ2) is 3.67. The molecule has 1 heterocycles. The van der Waals surface area contributed by atoms with Crippen LogP contribution in [-0.2, 0) is 6.42 Å². The first-order chi connectivity index (χ1) is 6.79. The second-order valence-corrected chi connectivity index (χ2v) is 3.86. The summed E-state index contributed by atoms with van der Waals surface area (Å²) in [6, 6.07) is 3.97. The van der Waals surface area contributed by atoms with E-state index in [4.69, 9.17) is 11.0 Å².